The van der Waals surface area contributed by atoms with Crippen molar-refractivity contribution in [2.45, 2.75) is 32.7 Å². The Bertz CT molecular complexity index is 497. The van der Waals surface area contributed by atoms with Crippen LogP contribution in [0.5, 0.6) is 0 Å². The van der Waals surface area contributed by atoms with Crippen molar-refractivity contribution >= 4 is 17.4 Å². The molecule has 0 amide bonds. The number of hydrogen-bond acceptors (Lipinski definition) is 4. The van der Waals surface area contributed by atoms with E-state index < -0.39 is 0 Å². The van der Waals surface area contributed by atoms with Gasteiger partial charge in [-0.15, -0.1) is 0 Å². The van der Waals surface area contributed by atoms with Crippen LogP contribution in [0.1, 0.15) is 37.7 Å². The van der Waals surface area contributed by atoms with Crippen LogP contribution in [0.4, 0.5) is 5.82 Å². The molecule has 0 bridgehead atoms. The second kappa shape index (κ2) is 5.82. The molecule has 2 aromatic rings. The summed E-state index contributed by atoms with van der Waals surface area (Å²) >= 11 is 6.10. The van der Waals surface area contributed by atoms with Crippen molar-refractivity contribution in [3.63, 3.8) is 0 Å². The minimum absolute atomic E-state index is 0.0431. The predicted molar refractivity (Wildman–Crippen MR) is 71.7 cm³/mol. The smallest absolute Gasteiger partial charge is 0.137 e. The zero-order valence-electron chi connectivity index (χ0n) is 10.4. The summed E-state index contributed by atoms with van der Waals surface area (Å²) in [7, 11) is 0. The van der Waals surface area contributed by atoms with Crippen molar-refractivity contribution in [3.8, 4) is 0 Å². The number of imidazole rings is 1. The summed E-state index contributed by atoms with van der Waals surface area (Å²) in [5.74, 6) is 1.65. The van der Waals surface area contributed by atoms with Crippen LogP contribution in [-0.2, 0) is 6.42 Å². The minimum Gasteiger partial charge on any atom is -0.360 e. The fourth-order valence-corrected chi connectivity index (χ4v) is 2.00. The van der Waals surface area contributed by atoms with Crippen LogP contribution in [0, 0.1) is 0 Å². The highest BCUT2D eigenvalue weighted by atomic mass is 35.5. The lowest BCUT2D eigenvalue weighted by Gasteiger charge is -2.15. The molecule has 6 heteroatoms. The Morgan fingerprint density at radius 3 is 2.89 bits per heavy atom. The van der Waals surface area contributed by atoms with Crippen molar-refractivity contribution < 1.29 is 0 Å². The predicted octanol–water partition coefficient (Wildman–Crippen LogP) is 2.98. The van der Waals surface area contributed by atoms with Gasteiger partial charge in [0.2, 0.25) is 0 Å². The van der Waals surface area contributed by atoms with Crippen LogP contribution in [0.2, 0.25) is 5.15 Å². The normalized spacial score (nSPS) is 12.4. The van der Waals surface area contributed by atoms with Crippen molar-refractivity contribution in [1.29, 1.82) is 0 Å². The summed E-state index contributed by atoms with van der Waals surface area (Å²) < 4.78 is 0. The Kier molecular flexibility index (Phi) is 4.15. The maximum Gasteiger partial charge on any atom is 0.137 e. The maximum absolute atomic E-state index is 6.10. The van der Waals surface area contributed by atoms with Gasteiger partial charge in [-0.1, -0.05) is 24.9 Å². The number of aromatic nitrogens is 4. The van der Waals surface area contributed by atoms with E-state index in [0.29, 0.717) is 5.15 Å². The third kappa shape index (κ3) is 2.79. The zero-order chi connectivity index (χ0) is 13.0. The van der Waals surface area contributed by atoms with Gasteiger partial charge in [0.1, 0.15) is 23.1 Å². The zero-order valence-corrected chi connectivity index (χ0v) is 11.2. The van der Waals surface area contributed by atoms with E-state index in [-0.39, 0.29) is 6.04 Å². The second-order valence-corrected chi connectivity index (χ2v) is 4.44. The SMILES string of the molecule is CCCc1c(Cl)ncnc1NC(C)c1ncc[nH]1. The van der Waals surface area contributed by atoms with Gasteiger partial charge in [-0.3, -0.25) is 0 Å². The highest BCUT2D eigenvalue weighted by molar-refractivity contribution is 6.30. The molecule has 0 aliphatic carbocycles. The number of halogens is 1. The van der Waals surface area contributed by atoms with Gasteiger partial charge < -0.3 is 10.3 Å². The molecule has 2 heterocycles. The average molecular weight is 266 g/mol. The molecule has 1 atom stereocenters. The monoisotopic (exact) mass is 265 g/mol. The molecule has 2 N–H and O–H groups in total. The van der Waals surface area contributed by atoms with Gasteiger partial charge in [-0.25, -0.2) is 15.0 Å². The lowest BCUT2D eigenvalue weighted by Crippen LogP contribution is -2.12. The first kappa shape index (κ1) is 12.8. The first-order valence-corrected chi connectivity index (χ1v) is 6.35. The Balaban J connectivity index is 2.20. The summed E-state index contributed by atoms with van der Waals surface area (Å²) in [4.78, 5) is 15.6. The molecule has 5 nitrogen and oxygen atoms in total. The number of anilines is 1. The largest absolute Gasteiger partial charge is 0.360 e. The number of H-pyrrole nitrogens is 1. The molecular weight excluding hydrogens is 250 g/mol. The molecule has 0 saturated heterocycles. The molecule has 0 radical (unpaired) electrons. The number of nitrogens with zero attached hydrogens (tertiary/aromatic N) is 3. The lowest BCUT2D eigenvalue weighted by molar-refractivity contribution is 0.793. The Hall–Kier alpha value is -1.62. The van der Waals surface area contributed by atoms with Crippen LogP contribution in [0.25, 0.3) is 0 Å². The third-order valence-electron chi connectivity index (χ3n) is 2.68. The number of nitrogens with one attached hydrogen (secondary N) is 2. The molecule has 0 aliphatic rings. The molecule has 0 spiro atoms. The summed E-state index contributed by atoms with van der Waals surface area (Å²) in [5.41, 5.74) is 0.958. The van der Waals surface area contributed by atoms with Crippen LogP contribution in [-0.4, -0.2) is 19.9 Å². The van der Waals surface area contributed by atoms with E-state index >= 15 is 0 Å². The van der Waals surface area contributed by atoms with Gasteiger partial charge >= 0.3 is 0 Å². The van der Waals surface area contributed by atoms with Crippen LogP contribution in [0.15, 0.2) is 18.7 Å². The number of rotatable bonds is 5. The van der Waals surface area contributed by atoms with Crippen LogP contribution >= 0.6 is 11.6 Å². The first-order chi connectivity index (χ1) is 8.72. The van der Waals surface area contributed by atoms with Gasteiger partial charge in [-0.2, -0.15) is 0 Å². The average Bonchev–Trinajstić information content (AvgIpc) is 2.87. The number of hydrogen-bond donors (Lipinski definition) is 2. The quantitative estimate of drug-likeness (QED) is 0.816. The molecule has 1 unspecified atom stereocenters. The lowest BCUT2D eigenvalue weighted by atomic mass is 10.1. The fourth-order valence-electron chi connectivity index (χ4n) is 1.77. The standard InChI is InChI=1S/C12H16ClN5/c1-3-4-9-10(13)16-7-17-12(9)18-8(2)11-14-5-6-15-11/h5-8H,3-4H2,1-2H3,(H,14,15)(H,16,17,18). The molecule has 0 aliphatic heterocycles. The van der Waals surface area contributed by atoms with E-state index in [1.807, 2.05) is 6.92 Å². The summed E-state index contributed by atoms with van der Waals surface area (Å²) in [6.07, 6.45) is 6.85. The Morgan fingerprint density at radius 1 is 1.39 bits per heavy atom. The molecule has 0 saturated carbocycles. The molecule has 0 fully saturated rings. The second-order valence-electron chi connectivity index (χ2n) is 4.08. The Labute approximate surface area is 111 Å². The Morgan fingerprint density at radius 2 is 2.22 bits per heavy atom. The summed E-state index contributed by atoms with van der Waals surface area (Å²) in [5, 5.41) is 3.82. The van der Waals surface area contributed by atoms with Crippen molar-refractivity contribution in [1.82, 2.24) is 19.9 Å². The first-order valence-electron chi connectivity index (χ1n) is 5.97. The van der Waals surface area contributed by atoms with Gasteiger partial charge in [0.25, 0.3) is 0 Å². The van der Waals surface area contributed by atoms with E-state index in [9.17, 15) is 0 Å². The molecule has 96 valence electrons. The van der Waals surface area contributed by atoms with E-state index in [0.717, 1.165) is 30.0 Å². The molecule has 2 rings (SSSR count). The molecule has 18 heavy (non-hydrogen) atoms. The summed E-state index contributed by atoms with van der Waals surface area (Å²) in [6.45, 7) is 4.12. The van der Waals surface area contributed by atoms with Crippen molar-refractivity contribution in [3.05, 3.63) is 35.3 Å². The highest BCUT2D eigenvalue weighted by Gasteiger charge is 2.13. The molecular formula is C12H16ClN5. The van der Waals surface area contributed by atoms with Crippen LogP contribution < -0.4 is 5.32 Å². The van der Waals surface area contributed by atoms with Gasteiger partial charge in [-0.05, 0) is 13.3 Å². The minimum atomic E-state index is 0.0431. The van der Waals surface area contributed by atoms with E-state index in [4.69, 9.17) is 11.6 Å². The van der Waals surface area contributed by atoms with E-state index in [1.165, 1.54) is 6.33 Å². The van der Waals surface area contributed by atoms with E-state index in [2.05, 4.69) is 32.2 Å². The molecule has 0 aromatic carbocycles. The van der Waals surface area contributed by atoms with Gasteiger partial charge in [0.05, 0.1) is 6.04 Å². The topological polar surface area (TPSA) is 66.5 Å². The van der Waals surface area contributed by atoms with Crippen LogP contribution in [0.3, 0.4) is 0 Å². The molecule has 2 aromatic heterocycles. The maximum atomic E-state index is 6.10. The third-order valence-corrected chi connectivity index (χ3v) is 3.00. The van der Waals surface area contributed by atoms with Crippen molar-refractivity contribution in [2.75, 3.05) is 5.32 Å². The van der Waals surface area contributed by atoms with Crippen molar-refractivity contribution in [2.24, 2.45) is 0 Å². The van der Waals surface area contributed by atoms with Gasteiger partial charge in [0, 0.05) is 18.0 Å². The summed E-state index contributed by atoms with van der Waals surface area (Å²) in [6, 6.07) is 0.0431. The van der Waals surface area contributed by atoms with E-state index in [1.54, 1.807) is 12.4 Å². The fraction of sp³-hybridized carbons (Fsp3) is 0.417. The number of aromatic amines is 1. The highest BCUT2D eigenvalue weighted by Crippen LogP contribution is 2.24. The van der Waals surface area contributed by atoms with Gasteiger partial charge in [0.15, 0.2) is 0 Å².